The van der Waals surface area contributed by atoms with Crippen LogP contribution in [0.5, 0.6) is 11.8 Å². The van der Waals surface area contributed by atoms with Crippen molar-refractivity contribution in [1.82, 2.24) is 20.6 Å². The minimum atomic E-state index is -1.59. The summed E-state index contributed by atoms with van der Waals surface area (Å²) >= 11 is 14.0. The Bertz CT molecular complexity index is 2220. The van der Waals surface area contributed by atoms with Crippen molar-refractivity contribution in [3.8, 4) is 34.0 Å². The number of benzene rings is 3. The number of fused-ring (bicyclic) bond motifs is 1. The summed E-state index contributed by atoms with van der Waals surface area (Å²) < 4.78 is 12.7. The Morgan fingerprint density at radius 1 is 1.00 bits per heavy atom. The Morgan fingerprint density at radius 2 is 1.76 bits per heavy atom. The number of carbonyl (C=O) groups is 1. The van der Waals surface area contributed by atoms with Crippen molar-refractivity contribution in [2.75, 3.05) is 32.1 Å². The normalized spacial score (nSPS) is 15.9. The molecule has 54 heavy (non-hydrogen) atoms. The van der Waals surface area contributed by atoms with Crippen LogP contribution in [0, 0.1) is 0 Å². The van der Waals surface area contributed by atoms with E-state index in [0.29, 0.717) is 17.0 Å². The average molecular weight is 768 g/mol. The number of carboxylic acids is 1. The highest BCUT2D eigenvalue weighted by molar-refractivity contribution is 6.36. The van der Waals surface area contributed by atoms with Crippen LogP contribution in [-0.2, 0) is 24.4 Å². The summed E-state index contributed by atoms with van der Waals surface area (Å²) in [4.78, 5) is 25.4. The van der Waals surface area contributed by atoms with Gasteiger partial charge in [0, 0.05) is 60.3 Å². The molecule has 1 aliphatic carbocycles. The second-order valence-electron chi connectivity index (χ2n) is 13.4. The summed E-state index contributed by atoms with van der Waals surface area (Å²) in [6, 6.07) is 24.1. The molecule has 2 aromatic heterocycles. The van der Waals surface area contributed by atoms with Gasteiger partial charge in [-0.05, 0) is 54.2 Å². The van der Waals surface area contributed by atoms with E-state index in [2.05, 4.69) is 62.3 Å². The zero-order chi connectivity index (χ0) is 37.8. The van der Waals surface area contributed by atoms with Gasteiger partial charge in [0.1, 0.15) is 29.1 Å². The monoisotopic (exact) mass is 766 g/mol. The number of halogens is 2. The predicted molar refractivity (Wildman–Crippen MR) is 211 cm³/mol. The Morgan fingerprint density at radius 3 is 2.50 bits per heavy atom. The standard InChI is InChI=1S/C41H40Cl2N6O5/c1-41(23-50,40(51)52)48-20-27-18-34(42)39(49-38(27)53-22-24-17-28(44-2)21-45-19-24)54-35-14-13-31-30(6-4-7-32(31)35)33-8-3-5-29(36(33)43)25-9-11-26(12-10-25)37-46-15-16-47-37/h3-12,17-19,21,35,44,48,50H,13-16,20,22-23H2,1-2H3,(H,46,47)(H,51,52)/t35-,41?/m0/s1. The first-order valence-corrected chi connectivity index (χ1v) is 18.4. The van der Waals surface area contributed by atoms with Crippen molar-refractivity contribution >= 4 is 40.7 Å². The van der Waals surface area contributed by atoms with Gasteiger partial charge in [0.15, 0.2) is 0 Å². The molecule has 5 aromatic rings. The van der Waals surface area contributed by atoms with Crippen molar-refractivity contribution in [3.63, 3.8) is 0 Å². The lowest BCUT2D eigenvalue weighted by molar-refractivity contribution is -0.145. The van der Waals surface area contributed by atoms with Gasteiger partial charge in [0.05, 0.1) is 23.9 Å². The molecule has 13 heteroatoms. The number of anilines is 1. The lowest BCUT2D eigenvalue weighted by Crippen LogP contribution is -2.52. The van der Waals surface area contributed by atoms with Gasteiger partial charge in [-0.25, -0.2) is 0 Å². The highest BCUT2D eigenvalue weighted by atomic mass is 35.5. The largest absolute Gasteiger partial charge is 0.480 e. The van der Waals surface area contributed by atoms with Crippen LogP contribution in [0.2, 0.25) is 10.0 Å². The SMILES string of the molecule is CNc1cncc(COc2nc(O[C@H]3CCc4c(-c5cccc(-c6ccc(C7=NCCN7)cc6)c5Cl)cccc43)c(Cl)cc2CNC(C)(CO)C(=O)O)c1. The molecule has 278 valence electrons. The molecule has 0 bridgehead atoms. The van der Waals surface area contributed by atoms with E-state index in [1.807, 2.05) is 30.3 Å². The van der Waals surface area contributed by atoms with Crippen LogP contribution >= 0.6 is 23.2 Å². The van der Waals surface area contributed by atoms with Crippen LogP contribution in [-0.4, -0.2) is 64.3 Å². The van der Waals surface area contributed by atoms with Crippen LogP contribution in [0.4, 0.5) is 5.69 Å². The van der Waals surface area contributed by atoms with Crippen molar-refractivity contribution in [1.29, 1.82) is 0 Å². The molecule has 0 saturated heterocycles. The van der Waals surface area contributed by atoms with Crippen LogP contribution in [0.25, 0.3) is 22.3 Å². The van der Waals surface area contributed by atoms with Crippen molar-refractivity contribution < 1.29 is 24.5 Å². The number of amidine groups is 1. The summed E-state index contributed by atoms with van der Waals surface area (Å²) in [6.07, 6.45) is 4.49. The second-order valence-corrected chi connectivity index (χ2v) is 14.2. The first-order chi connectivity index (χ1) is 26.2. The number of carboxylic acid groups (broad SMARTS) is 1. The second kappa shape index (κ2) is 16.0. The number of pyridine rings is 2. The molecule has 0 radical (unpaired) electrons. The molecule has 0 fully saturated rings. The van der Waals surface area contributed by atoms with E-state index in [1.165, 1.54) is 6.92 Å². The molecule has 2 atom stereocenters. The third kappa shape index (κ3) is 7.72. The minimum absolute atomic E-state index is 0.00654. The molecular weight excluding hydrogens is 727 g/mol. The quantitative estimate of drug-likeness (QED) is 0.0794. The molecule has 3 heterocycles. The zero-order valence-corrected chi connectivity index (χ0v) is 31.3. The molecule has 11 nitrogen and oxygen atoms in total. The number of nitrogens with one attached hydrogen (secondary N) is 3. The minimum Gasteiger partial charge on any atom is -0.480 e. The van der Waals surface area contributed by atoms with Gasteiger partial charge in [0.2, 0.25) is 11.8 Å². The number of nitrogens with zero attached hydrogens (tertiary/aromatic N) is 3. The van der Waals surface area contributed by atoms with E-state index in [-0.39, 0.29) is 36.0 Å². The number of aliphatic hydroxyl groups excluding tert-OH is 1. The van der Waals surface area contributed by atoms with E-state index in [1.54, 1.807) is 25.5 Å². The number of aliphatic imine (C=N–C) groups is 1. The lowest BCUT2D eigenvalue weighted by atomic mass is 9.93. The van der Waals surface area contributed by atoms with Gasteiger partial charge >= 0.3 is 5.97 Å². The molecule has 0 spiro atoms. The van der Waals surface area contributed by atoms with Crippen LogP contribution in [0.3, 0.4) is 0 Å². The van der Waals surface area contributed by atoms with Gasteiger partial charge in [-0.3, -0.25) is 20.1 Å². The van der Waals surface area contributed by atoms with Gasteiger partial charge in [-0.1, -0.05) is 83.9 Å². The van der Waals surface area contributed by atoms with Gasteiger partial charge in [-0.2, -0.15) is 4.98 Å². The van der Waals surface area contributed by atoms with Crippen LogP contribution in [0.1, 0.15) is 47.3 Å². The molecule has 0 saturated carbocycles. The molecule has 0 amide bonds. The van der Waals surface area contributed by atoms with Crippen molar-refractivity contribution in [3.05, 3.63) is 123 Å². The topological polar surface area (TPSA) is 150 Å². The summed E-state index contributed by atoms with van der Waals surface area (Å²) in [7, 11) is 1.80. The van der Waals surface area contributed by atoms with Gasteiger partial charge in [0.25, 0.3) is 0 Å². The van der Waals surface area contributed by atoms with E-state index in [0.717, 1.165) is 75.5 Å². The average Bonchev–Trinajstić information content (AvgIpc) is 3.89. The Kier molecular flexibility index (Phi) is 11.0. The number of hydrogen-bond acceptors (Lipinski definition) is 10. The maximum absolute atomic E-state index is 11.9. The smallest absolute Gasteiger partial charge is 0.326 e. The Labute approximate surface area is 323 Å². The summed E-state index contributed by atoms with van der Waals surface area (Å²) in [5, 5.41) is 29.7. The third-order valence-corrected chi connectivity index (χ3v) is 10.5. The Hall–Kier alpha value is -5.20. The number of aliphatic carboxylic acids is 1. The predicted octanol–water partition coefficient (Wildman–Crippen LogP) is 7.08. The number of aliphatic hydroxyl groups is 1. The first kappa shape index (κ1) is 37.1. The summed E-state index contributed by atoms with van der Waals surface area (Å²) in [5.74, 6) is 0.112. The number of ether oxygens (including phenoxy) is 2. The highest BCUT2D eigenvalue weighted by Gasteiger charge is 2.33. The molecule has 2 aliphatic rings. The fraction of sp³-hybridized carbons (Fsp3) is 0.268. The van der Waals surface area contributed by atoms with E-state index < -0.39 is 18.1 Å². The number of hydrogen-bond donors (Lipinski definition) is 5. The zero-order valence-electron chi connectivity index (χ0n) is 29.8. The van der Waals surface area contributed by atoms with Crippen molar-refractivity contribution in [2.24, 2.45) is 4.99 Å². The molecule has 5 N–H and O–H groups in total. The van der Waals surface area contributed by atoms with Crippen LogP contribution < -0.4 is 25.4 Å². The molecule has 7 rings (SSSR count). The molecule has 3 aromatic carbocycles. The fourth-order valence-corrected chi connectivity index (χ4v) is 7.22. The van der Waals surface area contributed by atoms with E-state index >= 15 is 0 Å². The maximum Gasteiger partial charge on any atom is 0.326 e. The van der Waals surface area contributed by atoms with Crippen LogP contribution in [0.15, 0.2) is 90.2 Å². The van der Waals surface area contributed by atoms with E-state index in [9.17, 15) is 15.0 Å². The third-order valence-electron chi connectivity index (χ3n) is 9.80. The summed E-state index contributed by atoms with van der Waals surface area (Å²) in [5.41, 5.74) is 7.67. The molecule has 1 unspecified atom stereocenters. The van der Waals surface area contributed by atoms with Gasteiger partial charge in [-0.15, -0.1) is 0 Å². The fourth-order valence-electron chi connectivity index (χ4n) is 6.66. The highest BCUT2D eigenvalue weighted by Crippen LogP contribution is 2.44. The molecule has 1 aliphatic heterocycles. The number of aromatic nitrogens is 2. The summed E-state index contributed by atoms with van der Waals surface area (Å²) in [6.45, 7) is 2.55. The molecular formula is C41H40Cl2N6O5. The first-order valence-electron chi connectivity index (χ1n) is 17.7. The maximum atomic E-state index is 11.9. The van der Waals surface area contributed by atoms with E-state index in [4.69, 9.17) is 37.7 Å². The lowest BCUT2D eigenvalue weighted by Gasteiger charge is -2.24. The Balaban J connectivity index is 1.16. The van der Waals surface area contributed by atoms with Crippen molar-refractivity contribution in [2.45, 2.75) is 44.6 Å². The van der Waals surface area contributed by atoms with Gasteiger partial charge < -0.3 is 30.3 Å². The number of rotatable bonds is 14.